The Morgan fingerprint density at radius 3 is 2.61 bits per heavy atom. The van der Waals surface area contributed by atoms with Gasteiger partial charge in [0.2, 0.25) is 0 Å². The highest BCUT2D eigenvalue weighted by Gasteiger charge is 2.39. The third kappa shape index (κ3) is 7.52. The summed E-state index contributed by atoms with van der Waals surface area (Å²) in [5.74, 6) is 5.79. The number of nitrogens with one attached hydrogen (secondary N) is 1. The fraction of sp³-hybridized carbons (Fsp3) is 0.667. The standard InChI is InChI=1S/C24H38N2O6Si/c1-7-30-21-14-13-19(20(32-21)17-31-33(5,6)24(2,3)4)26-16-18(22(28)25-23(26)29)12-10-8-9-11-15-27/h13-14,16,19-21,27H,7-9,11,15,17H2,1-6H3,(H,25,28,29)/t19-,20+,21-/m0/s1. The molecule has 2 rings (SSSR count). The van der Waals surface area contributed by atoms with Crippen LogP contribution in [0.5, 0.6) is 0 Å². The van der Waals surface area contributed by atoms with E-state index in [1.165, 1.54) is 10.8 Å². The first-order valence-electron chi connectivity index (χ1n) is 11.5. The number of ether oxygens (including phenoxy) is 2. The minimum absolute atomic E-state index is 0.0277. The molecule has 1 aliphatic rings. The zero-order chi connectivity index (χ0) is 24.6. The molecule has 1 aliphatic heterocycles. The van der Waals surface area contributed by atoms with Gasteiger partial charge in [0.1, 0.15) is 11.7 Å². The van der Waals surface area contributed by atoms with Gasteiger partial charge in [-0.05, 0) is 44.0 Å². The van der Waals surface area contributed by atoms with E-state index in [9.17, 15) is 9.59 Å². The highest BCUT2D eigenvalue weighted by molar-refractivity contribution is 6.74. The molecule has 9 heteroatoms. The average Bonchev–Trinajstić information content (AvgIpc) is 2.73. The number of nitrogens with zero attached hydrogens (tertiary/aromatic N) is 1. The van der Waals surface area contributed by atoms with Crippen LogP contribution >= 0.6 is 0 Å². The van der Waals surface area contributed by atoms with Gasteiger partial charge < -0.3 is 19.0 Å². The van der Waals surface area contributed by atoms with Gasteiger partial charge in [-0.2, -0.15) is 0 Å². The molecule has 8 nitrogen and oxygen atoms in total. The molecule has 3 atom stereocenters. The van der Waals surface area contributed by atoms with Gasteiger partial charge in [-0.1, -0.05) is 38.7 Å². The highest BCUT2D eigenvalue weighted by Crippen LogP contribution is 2.37. The van der Waals surface area contributed by atoms with Crippen LogP contribution in [0.4, 0.5) is 0 Å². The van der Waals surface area contributed by atoms with Gasteiger partial charge in [0.05, 0.1) is 12.6 Å². The summed E-state index contributed by atoms with van der Waals surface area (Å²) in [5.41, 5.74) is -0.841. The molecular formula is C24H38N2O6Si. The summed E-state index contributed by atoms with van der Waals surface area (Å²) in [6.07, 6.45) is 6.08. The molecule has 1 aromatic heterocycles. The van der Waals surface area contributed by atoms with E-state index in [4.69, 9.17) is 19.0 Å². The van der Waals surface area contributed by atoms with Crippen LogP contribution in [0.3, 0.4) is 0 Å². The van der Waals surface area contributed by atoms with E-state index < -0.39 is 38.0 Å². The lowest BCUT2D eigenvalue weighted by Crippen LogP contribution is -2.47. The van der Waals surface area contributed by atoms with Crippen LogP contribution in [-0.2, 0) is 13.9 Å². The van der Waals surface area contributed by atoms with Crippen molar-refractivity contribution in [3.8, 4) is 11.8 Å². The second kappa shape index (κ2) is 11.9. The Bertz CT molecular complexity index is 980. The van der Waals surface area contributed by atoms with Crippen molar-refractivity contribution in [2.75, 3.05) is 19.8 Å². The Kier molecular flexibility index (Phi) is 9.88. The highest BCUT2D eigenvalue weighted by atomic mass is 28.4. The molecule has 0 fully saturated rings. The fourth-order valence-corrected chi connectivity index (χ4v) is 4.10. The molecule has 184 valence electrons. The predicted molar refractivity (Wildman–Crippen MR) is 131 cm³/mol. The van der Waals surface area contributed by atoms with Crippen LogP contribution in [0.1, 0.15) is 58.6 Å². The minimum atomic E-state index is -2.05. The van der Waals surface area contributed by atoms with Gasteiger partial charge in [-0.3, -0.25) is 14.3 Å². The van der Waals surface area contributed by atoms with Crippen molar-refractivity contribution in [3.63, 3.8) is 0 Å². The van der Waals surface area contributed by atoms with Crippen molar-refractivity contribution in [2.24, 2.45) is 0 Å². The lowest BCUT2D eigenvalue weighted by molar-refractivity contribution is -0.163. The lowest BCUT2D eigenvalue weighted by Gasteiger charge is -2.39. The van der Waals surface area contributed by atoms with Crippen molar-refractivity contribution < 1.29 is 19.0 Å². The Morgan fingerprint density at radius 2 is 1.97 bits per heavy atom. The van der Waals surface area contributed by atoms with Crippen LogP contribution in [0.2, 0.25) is 18.1 Å². The SMILES string of the molecule is CCO[C@@H]1C=C[C@H](n2cc(C#CCCCCO)c(=O)[nH]c2=O)[C@@H](CO[Si](C)(C)C(C)(C)C)O1. The molecule has 0 amide bonds. The number of aliphatic hydroxyl groups is 1. The molecular weight excluding hydrogens is 440 g/mol. The second-order valence-electron chi connectivity index (χ2n) is 9.64. The number of H-pyrrole nitrogens is 1. The van der Waals surface area contributed by atoms with Crippen LogP contribution in [0.15, 0.2) is 27.9 Å². The number of hydrogen-bond donors (Lipinski definition) is 2. The number of rotatable bonds is 9. The summed E-state index contributed by atoms with van der Waals surface area (Å²) >= 11 is 0. The van der Waals surface area contributed by atoms with E-state index in [-0.39, 0.29) is 17.2 Å². The fourth-order valence-electron chi connectivity index (χ4n) is 3.08. The molecule has 0 radical (unpaired) electrons. The zero-order valence-electron chi connectivity index (χ0n) is 20.6. The van der Waals surface area contributed by atoms with E-state index in [1.54, 1.807) is 6.08 Å². The molecule has 2 heterocycles. The zero-order valence-corrected chi connectivity index (χ0v) is 21.6. The average molecular weight is 479 g/mol. The van der Waals surface area contributed by atoms with Crippen LogP contribution in [-0.4, -0.2) is 55.2 Å². The van der Waals surface area contributed by atoms with E-state index in [2.05, 4.69) is 50.7 Å². The molecule has 2 N–H and O–H groups in total. The van der Waals surface area contributed by atoms with Gasteiger partial charge in [-0.15, -0.1) is 0 Å². The van der Waals surface area contributed by atoms with Crippen LogP contribution < -0.4 is 11.2 Å². The first-order chi connectivity index (χ1) is 15.5. The van der Waals surface area contributed by atoms with Gasteiger partial charge in [0.25, 0.3) is 5.56 Å². The Labute approximate surface area is 197 Å². The number of aliphatic hydroxyl groups excluding tert-OH is 1. The number of aromatic amines is 1. The maximum atomic E-state index is 12.7. The molecule has 33 heavy (non-hydrogen) atoms. The Hall–Kier alpha value is -1.96. The molecule has 0 bridgehead atoms. The quantitative estimate of drug-likeness (QED) is 0.245. The molecule has 0 unspecified atom stereocenters. The maximum absolute atomic E-state index is 12.7. The first kappa shape index (κ1) is 27.3. The van der Waals surface area contributed by atoms with E-state index in [0.29, 0.717) is 26.1 Å². The molecule has 0 aromatic carbocycles. The number of unbranched alkanes of at least 4 members (excludes halogenated alkanes) is 2. The summed E-state index contributed by atoms with van der Waals surface area (Å²) in [6.45, 7) is 13.6. The van der Waals surface area contributed by atoms with E-state index in [1.807, 2.05) is 13.0 Å². The number of aromatic nitrogens is 2. The molecule has 0 saturated carbocycles. The van der Waals surface area contributed by atoms with Gasteiger partial charge in [0.15, 0.2) is 14.6 Å². The van der Waals surface area contributed by atoms with Crippen molar-refractivity contribution in [3.05, 3.63) is 44.8 Å². The maximum Gasteiger partial charge on any atom is 0.329 e. The first-order valence-corrected chi connectivity index (χ1v) is 14.5. The van der Waals surface area contributed by atoms with Crippen molar-refractivity contribution >= 4 is 8.32 Å². The largest absolute Gasteiger partial charge is 0.414 e. The summed E-state index contributed by atoms with van der Waals surface area (Å²) in [7, 11) is -2.05. The minimum Gasteiger partial charge on any atom is -0.414 e. The van der Waals surface area contributed by atoms with Gasteiger partial charge in [-0.25, -0.2) is 4.79 Å². The Morgan fingerprint density at radius 1 is 1.24 bits per heavy atom. The van der Waals surface area contributed by atoms with Crippen molar-refractivity contribution in [2.45, 2.75) is 83.5 Å². The van der Waals surface area contributed by atoms with Gasteiger partial charge in [0, 0.05) is 25.8 Å². The van der Waals surface area contributed by atoms with E-state index in [0.717, 1.165) is 6.42 Å². The normalized spacial score (nSPS) is 21.0. The predicted octanol–water partition coefficient (Wildman–Crippen LogP) is 2.93. The Balaban J connectivity index is 2.35. The summed E-state index contributed by atoms with van der Waals surface area (Å²) in [4.78, 5) is 27.3. The number of hydrogen-bond acceptors (Lipinski definition) is 6. The van der Waals surface area contributed by atoms with Crippen molar-refractivity contribution in [1.82, 2.24) is 9.55 Å². The van der Waals surface area contributed by atoms with Crippen molar-refractivity contribution in [1.29, 1.82) is 0 Å². The molecule has 1 aromatic rings. The third-order valence-electron chi connectivity index (χ3n) is 6.12. The second-order valence-corrected chi connectivity index (χ2v) is 14.4. The van der Waals surface area contributed by atoms with Gasteiger partial charge >= 0.3 is 5.69 Å². The lowest BCUT2D eigenvalue weighted by atomic mass is 10.1. The molecule has 0 spiro atoms. The molecule has 0 saturated heterocycles. The summed E-state index contributed by atoms with van der Waals surface area (Å²) in [5, 5.41) is 8.90. The topological polar surface area (TPSA) is 103 Å². The van der Waals surface area contributed by atoms with E-state index >= 15 is 0 Å². The molecule has 0 aliphatic carbocycles. The monoisotopic (exact) mass is 478 g/mol. The summed E-state index contributed by atoms with van der Waals surface area (Å²) in [6, 6.07) is -0.481. The van der Waals surface area contributed by atoms with Crippen LogP contribution in [0, 0.1) is 11.8 Å². The summed E-state index contributed by atoms with van der Waals surface area (Å²) < 4.78 is 19.6. The smallest absolute Gasteiger partial charge is 0.329 e. The van der Waals surface area contributed by atoms with Crippen LogP contribution in [0.25, 0.3) is 0 Å². The third-order valence-corrected chi connectivity index (χ3v) is 10.6.